The van der Waals surface area contributed by atoms with Crippen LogP contribution in [0.5, 0.6) is 0 Å². The standard InChI is InChI=1S/C11H20O3S/c1-4-11(3,5-2)10(12)14-9-8-15-7-6-13-9/h9H,4-8H2,1-3H3. The number of hydrogen-bond donors (Lipinski definition) is 0. The zero-order valence-corrected chi connectivity index (χ0v) is 10.6. The molecule has 1 saturated heterocycles. The molecule has 3 nitrogen and oxygen atoms in total. The Morgan fingerprint density at radius 1 is 1.53 bits per heavy atom. The largest absolute Gasteiger partial charge is 0.434 e. The zero-order chi connectivity index (χ0) is 11.3. The van der Waals surface area contributed by atoms with Crippen LogP contribution in [0.2, 0.25) is 0 Å². The molecule has 0 bridgehead atoms. The summed E-state index contributed by atoms with van der Waals surface area (Å²) in [5.74, 6) is 1.63. The third-order valence-corrected chi connectivity index (χ3v) is 4.04. The average molecular weight is 232 g/mol. The Labute approximate surface area is 95.9 Å². The zero-order valence-electron chi connectivity index (χ0n) is 9.75. The van der Waals surface area contributed by atoms with Crippen LogP contribution in [0.25, 0.3) is 0 Å². The molecule has 0 aromatic heterocycles. The van der Waals surface area contributed by atoms with E-state index in [1.54, 1.807) is 11.8 Å². The summed E-state index contributed by atoms with van der Waals surface area (Å²) < 4.78 is 10.7. The van der Waals surface area contributed by atoms with Gasteiger partial charge in [0.15, 0.2) is 0 Å². The summed E-state index contributed by atoms with van der Waals surface area (Å²) in [6.45, 7) is 6.66. The van der Waals surface area contributed by atoms with E-state index in [9.17, 15) is 4.79 Å². The maximum absolute atomic E-state index is 11.9. The fraction of sp³-hybridized carbons (Fsp3) is 0.909. The van der Waals surface area contributed by atoms with E-state index in [0.717, 1.165) is 24.3 Å². The minimum Gasteiger partial charge on any atom is -0.434 e. The number of carbonyl (C=O) groups is 1. The fourth-order valence-electron chi connectivity index (χ4n) is 1.33. The van der Waals surface area contributed by atoms with E-state index in [1.807, 2.05) is 20.8 Å². The summed E-state index contributed by atoms with van der Waals surface area (Å²) >= 11 is 1.77. The summed E-state index contributed by atoms with van der Waals surface area (Å²) in [7, 11) is 0. The molecule has 0 spiro atoms. The Kier molecular flexibility index (Phi) is 4.93. The van der Waals surface area contributed by atoms with Crippen molar-refractivity contribution < 1.29 is 14.3 Å². The predicted molar refractivity (Wildman–Crippen MR) is 61.8 cm³/mol. The van der Waals surface area contributed by atoms with Gasteiger partial charge in [0, 0.05) is 5.75 Å². The summed E-state index contributed by atoms with van der Waals surface area (Å²) in [5.41, 5.74) is -0.356. The quantitative estimate of drug-likeness (QED) is 0.697. The molecule has 1 atom stereocenters. The van der Waals surface area contributed by atoms with Gasteiger partial charge in [0.2, 0.25) is 6.29 Å². The van der Waals surface area contributed by atoms with Gasteiger partial charge in [-0.3, -0.25) is 4.79 Å². The van der Waals surface area contributed by atoms with Crippen molar-refractivity contribution in [2.45, 2.75) is 39.9 Å². The normalized spacial score (nSPS) is 22.5. The van der Waals surface area contributed by atoms with Crippen LogP contribution >= 0.6 is 11.8 Å². The molecule has 1 rings (SSSR count). The number of carbonyl (C=O) groups excluding carboxylic acids is 1. The van der Waals surface area contributed by atoms with Gasteiger partial charge >= 0.3 is 5.97 Å². The van der Waals surface area contributed by atoms with Crippen molar-refractivity contribution in [3.63, 3.8) is 0 Å². The second-order valence-electron chi connectivity index (χ2n) is 4.05. The Hall–Kier alpha value is -0.220. The molecule has 0 aliphatic carbocycles. The molecule has 1 heterocycles. The first-order valence-corrected chi connectivity index (χ1v) is 6.68. The Balaban J connectivity index is 2.45. The molecule has 0 aromatic carbocycles. The summed E-state index contributed by atoms with van der Waals surface area (Å²) in [6.07, 6.45) is 1.28. The number of hydrogen-bond acceptors (Lipinski definition) is 4. The molecule has 1 fully saturated rings. The number of rotatable bonds is 4. The van der Waals surface area contributed by atoms with E-state index in [-0.39, 0.29) is 17.7 Å². The lowest BCUT2D eigenvalue weighted by Gasteiger charge is -2.29. The smallest absolute Gasteiger partial charge is 0.314 e. The fourth-order valence-corrected chi connectivity index (χ4v) is 2.07. The second kappa shape index (κ2) is 5.75. The highest BCUT2D eigenvalue weighted by Crippen LogP contribution is 2.28. The SMILES string of the molecule is CCC(C)(CC)C(=O)OC1CSCCO1. The number of thioether (sulfide) groups is 1. The molecule has 1 aliphatic rings. The number of ether oxygens (including phenoxy) is 2. The topological polar surface area (TPSA) is 35.5 Å². The van der Waals surface area contributed by atoms with Gasteiger partial charge in [-0.2, -0.15) is 11.8 Å². The third kappa shape index (κ3) is 3.38. The van der Waals surface area contributed by atoms with Crippen LogP contribution in [0.3, 0.4) is 0 Å². The minimum absolute atomic E-state index is 0.125. The average Bonchev–Trinajstić information content (AvgIpc) is 2.29. The molecule has 0 saturated carbocycles. The van der Waals surface area contributed by atoms with Gasteiger partial charge in [-0.05, 0) is 19.8 Å². The third-order valence-electron chi connectivity index (χ3n) is 3.08. The van der Waals surface area contributed by atoms with Gasteiger partial charge in [-0.15, -0.1) is 0 Å². The lowest BCUT2D eigenvalue weighted by atomic mass is 9.85. The molecule has 1 aliphatic heterocycles. The Morgan fingerprint density at radius 3 is 2.67 bits per heavy atom. The van der Waals surface area contributed by atoms with Crippen LogP contribution < -0.4 is 0 Å². The van der Waals surface area contributed by atoms with Crippen molar-refractivity contribution in [3.05, 3.63) is 0 Å². The first kappa shape index (κ1) is 12.8. The van der Waals surface area contributed by atoms with Crippen LogP contribution in [0.4, 0.5) is 0 Å². The molecule has 0 aromatic rings. The van der Waals surface area contributed by atoms with Gasteiger partial charge < -0.3 is 9.47 Å². The highest BCUT2D eigenvalue weighted by Gasteiger charge is 2.33. The molecule has 0 amide bonds. The van der Waals surface area contributed by atoms with Gasteiger partial charge in [-0.1, -0.05) is 13.8 Å². The second-order valence-corrected chi connectivity index (χ2v) is 5.20. The van der Waals surface area contributed by atoms with Crippen molar-refractivity contribution >= 4 is 17.7 Å². The molecule has 15 heavy (non-hydrogen) atoms. The Morgan fingerprint density at radius 2 is 2.20 bits per heavy atom. The van der Waals surface area contributed by atoms with Crippen molar-refractivity contribution in [2.75, 3.05) is 18.1 Å². The van der Waals surface area contributed by atoms with Gasteiger partial charge in [0.1, 0.15) is 0 Å². The monoisotopic (exact) mass is 232 g/mol. The van der Waals surface area contributed by atoms with Crippen LogP contribution in [-0.2, 0) is 14.3 Å². The minimum atomic E-state index is -0.356. The van der Waals surface area contributed by atoms with Gasteiger partial charge in [0.25, 0.3) is 0 Å². The van der Waals surface area contributed by atoms with Crippen molar-refractivity contribution in [3.8, 4) is 0 Å². The van der Waals surface area contributed by atoms with Gasteiger partial charge in [-0.25, -0.2) is 0 Å². The maximum Gasteiger partial charge on any atom is 0.314 e. The first-order valence-electron chi connectivity index (χ1n) is 5.53. The van der Waals surface area contributed by atoms with E-state index >= 15 is 0 Å². The van der Waals surface area contributed by atoms with Crippen molar-refractivity contribution in [2.24, 2.45) is 5.41 Å². The van der Waals surface area contributed by atoms with Crippen LogP contribution in [0.15, 0.2) is 0 Å². The van der Waals surface area contributed by atoms with Crippen molar-refractivity contribution in [1.29, 1.82) is 0 Å². The molecular formula is C11H20O3S. The maximum atomic E-state index is 11.9. The van der Waals surface area contributed by atoms with Crippen molar-refractivity contribution in [1.82, 2.24) is 0 Å². The van der Waals surface area contributed by atoms with E-state index < -0.39 is 0 Å². The Bertz CT molecular complexity index is 208. The molecule has 88 valence electrons. The predicted octanol–water partition coefficient (Wildman–Crippen LogP) is 2.45. The van der Waals surface area contributed by atoms with Gasteiger partial charge in [0.05, 0.1) is 17.8 Å². The molecule has 0 radical (unpaired) electrons. The lowest BCUT2D eigenvalue weighted by molar-refractivity contribution is -0.185. The highest BCUT2D eigenvalue weighted by molar-refractivity contribution is 7.99. The first-order chi connectivity index (χ1) is 7.12. The van der Waals surface area contributed by atoms with Crippen LogP contribution in [0, 0.1) is 5.41 Å². The lowest BCUT2D eigenvalue weighted by Crippen LogP contribution is -2.36. The van der Waals surface area contributed by atoms with E-state index in [2.05, 4.69) is 0 Å². The van der Waals surface area contributed by atoms with E-state index in [0.29, 0.717) is 6.61 Å². The van der Waals surface area contributed by atoms with Crippen LogP contribution in [-0.4, -0.2) is 30.4 Å². The molecule has 4 heteroatoms. The van der Waals surface area contributed by atoms with E-state index in [1.165, 1.54) is 0 Å². The summed E-state index contributed by atoms with van der Waals surface area (Å²) in [5, 5.41) is 0. The summed E-state index contributed by atoms with van der Waals surface area (Å²) in [6, 6.07) is 0. The molecule has 1 unspecified atom stereocenters. The number of esters is 1. The highest BCUT2D eigenvalue weighted by atomic mass is 32.2. The van der Waals surface area contributed by atoms with Crippen LogP contribution in [0.1, 0.15) is 33.6 Å². The van der Waals surface area contributed by atoms with E-state index in [4.69, 9.17) is 9.47 Å². The molecule has 0 N–H and O–H groups in total. The summed E-state index contributed by atoms with van der Waals surface area (Å²) in [4.78, 5) is 11.9. The molecular weight excluding hydrogens is 212 g/mol.